The molecule has 0 amide bonds. The number of aromatic nitrogens is 2. The molecule has 1 aromatic carbocycles. The number of hydrogen-bond acceptors (Lipinski definition) is 4. The number of rotatable bonds is 4. The molecule has 2 rings (SSSR count). The first-order valence-corrected chi connectivity index (χ1v) is 8.14. The Balaban J connectivity index is 2.63. The van der Waals surface area contributed by atoms with Crippen molar-refractivity contribution >= 4 is 20.9 Å². The first-order chi connectivity index (χ1) is 8.88. The molecule has 0 aliphatic carbocycles. The van der Waals surface area contributed by atoms with E-state index in [4.69, 9.17) is 5.73 Å². The zero-order valence-electron chi connectivity index (χ0n) is 11.4. The molecule has 0 aliphatic rings. The maximum Gasteiger partial charge on any atom is 0.175 e. The molecule has 0 radical (unpaired) electrons. The number of sulfone groups is 1. The molecule has 1 heterocycles. The molecule has 19 heavy (non-hydrogen) atoms. The van der Waals surface area contributed by atoms with Crippen LogP contribution >= 0.6 is 0 Å². The lowest BCUT2D eigenvalue weighted by Crippen LogP contribution is -2.15. The van der Waals surface area contributed by atoms with E-state index in [1.807, 2.05) is 11.6 Å². The van der Waals surface area contributed by atoms with Crippen molar-refractivity contribution in [3.05, 3.63) is 24.0 Å². The smallest absolute Gasteiger partial charge is 0.175 e. The first kappa shape index (κ1) is 14.0. The molecular weight excluding hydrogens is 262 g/mol. The number of benzene rings is 1. The summed E-state index contributed by atoms with van der Waals surface area (Å²) in [6, 6.07) is 5.04. The highest BCUT2D eigenvalue weighted by molar-refractivity contribution is 7.90. The third-order valence-corrected chi connectivity index (χ3v) is 4.57. The van der Waals surface area contributed by atoms with Crippen molar-refractivity contribution in [3.8, 4) is 0 Å². The van der Waals surface area contributed by atoms with Crippen LogP contribution in [-0.4, -0.2) is 30.8 Å². The lowest BCUT2D eigenvalue weighted by molar-refractivity contribution is 0.602. The molecule has 1 aromatic heterocycles. The molecule has 2 N–H and O–H groups in total. The van der Waals surface area contributed by atoms with Crippen LogP contribution in [0.5, 0.6) is 0 Å². The van der Waals surface area contributed by atoms with Crippen molar-refractivity contribution in [2.75, 3.05) is 12.8 Å². The molecule has 104 valence electrons. The summed E-state index contributed by atoms with van der Waals surface area (Å²) >= 11 is 0. The number of fused-ring (bicyclic) bond motifs is 1. The van der Waals surface area contributed by atoms with Crippen LogP contribution in [0.3, 0.4) is 0 Å². The van der Waals surface area contributed by atoms with E-state index in [-0.39, 0.29) is 5.92 Å². The van der Waals surface area contributed by atoms with Crippen molar-refractivity contribution in [3.63, 3.8) is 0 Å². The van der Waals surface area contributed by atoms with Crippen molar-refractivity contribution < 1.29 is 8.42 Å². The lowest BCUT2D eigenvalue weighted by atomic mass is 10.1. The van der Waals surface area contributed by atoms with Crippen LogP contribution in [0.4, 0.5) is 0 Å². The number of nitrogens with zero attached hydrogens (tertiary/aromatic N) is 2. The minimum Gasteiger partial charge on any atom is -0.331 e. The number of hydrogen-bond donors (Lipinski definition) is 1. The fourth-order valence-electron chi connectivity index (χ4n) is 2.25. The Morgan fingerprint density at radius 3 is 2.63 bits per heavy atom. The van der Waals surface area contributed by atoms with Crippen LogP contribution in [0.25, 0.3) is 11.0 Å². The zero-order valence-corrected chi connectivity index (χ0v) is 12.2. The molecule has 5 nitrogen and oxygen atoms in total. The Bertz CT molecular complexity index is 700. The molecule has 0 bridgehead atoms. The fourth-order valence-corrected chi connectivity index (χ4v) is 2.89. The highest BCUT2D eigenvalue weighted by Gasteiger charge is 2.17. The van der Waals surface area contributed by atoms with Gasteiger partial charge >= 0.3 is 0 Å². The van der Waals surface area contributed by atoms with Gasteiger partial charge in [0.25, 0.3) is 0 Å². The van der Waals surface area contributed by atoms with E-state index in [9.17, 15) is 8.42 Å². The average Bonchev–Trinajstić information content (AvgIpc) is 2.67. The molecule has 0 saturated carbocycles. The van der Waals surface area contributed by atoms with Crippen LogP contribution in [0.2, 0.25) is 0 Å². The van der Waals surface area contributed by atoms with E-state index in [1.165, 1.54) is 6.26 Å². The quantitative estimate of drug-likeness (QED) is 0.919. The summed E-state index contributed by atoms with van der Waals surface area (Å²) in [5.74, 6) is 1.10. The predicted octanol–water partition coefficient (Wildman–Crippen LogP) is 1.43. The molecule has 0 aliphatic heterocycles. The van der Waals surface area contributed by atoms with Gasteiger partial charge in [-0.25, -0.2) is 13.4 Å². The molecule has 0 saturated heterocycles. The van der Waals surface area contributed by atoms with Crippen LogP contribution in [0, 0.1) is 0 Å². The monoisotopic (exact) mass is 281 g/mol. The van der Waals surface area contributed by atoms with Gasteiger partial charge in [0.15, 0.2) is 9.84 Å². The van der Waals surface area contributed by atoms with Gasteiger partial charge in [-0.1, -0.05) is 6.92 Å². The molecule has 1 atom stereocenters. The molecule has 0 spiro atoms. The highest BCUT2D eigenvalue weighted by atomic mass is 32.2. The van der Waals surface area contributed by atoms with E-state index in [0.717, 1.165) is 17.8 Å². The van der Waals surface area contributed by atoms with E-state index < -0.39 is 9.84 Å². The van der Waals surface area contributed by atoms with E-state index in [0.29, 0.717) is 17.0 Å². The summed E-state index contributed by atoms with van der Waals surface area (Å²) in [5.41, 5.74) is 7.38. The Morgan fingerprint density at radius 2 is 2.11 bits per heavy atom. The van der Waals surface area contributed by atoms with Gasteiger partial charge in [0, 0.05) is 25.8 Å². The number of aryl methyl sites for hydroxylation is 1. The molecular formula is C13H19N3O2S. The van der Waals surface area contributed by atoms with Crippen LogP contribution in [0.1, 0.15) is 25.1 Å². The van der Waals surface area contributed by atoms with Crippen molar-refractivity contribution in [2.24, 2.45) is 12.8 Å². The number of imidazole rings is 1. The Labute approximate surface area is 113 Å². The predicted molar refractivity (Wildman–Crippen MR) is 75.9 cm³/mol. The van der Waals surface area contributed by atoms with Gasteiger partial charge in [-0.3, -0.25) is 0 Å². The largest absolute Gasteiger partial charge is 0.331 e. The second kappa shape index (κ2) is 4.94. The standard InChI is InChI=1S/C13H19N3O2S/c1-4-9(8-14)13-15-11-7-10(19(3,17)18)5-6-12(11)16(13)2/h5-7,9H,4,8,14H2,1-3H3. The van der Waals surface area contributed by atoms with Gasteiger partial charge in [0.1, 0.15) is 5.82 Å². The lowest BCUT2D eigenvalue weighted by Gasteiger charge is -2.11. The maximum absolute atomic E-state index is 11.6. The van der Waals surface area contributed by atoms with Crippen LogP contribution in [-0.2, 0) is 16.9 Å². The fraction of sp³-hybridized carbons (Fsp3) is 0.462. The minimum absolute atomic E-state index is 0.194. The first-order valence-electron chi connectivity index (χ1n) is 6.25. The Hall–Kier alpha value is -1.40. The topological polar surface area (TPSA) is 78.0 Å². The Morgan fingerprint density at radius 1 is 1.42 bits per heavy atom. The van der Waals surface area contributed by atoms with E-state index in [2.05, 4.69) is 11.9 Å². The number of nitrogens with two attached hydrogens (primary N) is 1. The summed E-state index contributed by atoms with van der Waals surface area (Å²) in [5, 5.41) is 0. The third kappa shape index (κ3) is 2.50. The van der Waals surface area contributed by atoms with Crippen molar-refractivity contribution in [1.82, 2.24) is 9.55 Å². The maximum atomic E-state index is 11.6. The van der Waals surface area contributed by atoms with E-state index in [1.54, 1.807) is 18.2 Å². The summed E-state index contributed by atoms with van der Waals surface area (Å²) in [4.78, 5) is 4.84. The SMILES string of the molecule is CCC(CN)c1nc2cc(S(C)(=O)=O)ccc2n1C. The summed E-state index contributed by atoms with van der Waals surface area (Å²) in [7, 11) is -1.27. The van der Waals surface area contributed by atoms with Crippen molar-refractivity contribution in [1.29, 1.82) is 0 Å². The molecule has 1 unspecified atom stereocenters. The van der Waals surface area contributed by atoms with Crippen LogP contribution in [0.15, 0.2) is 23.1 Å². The molecule has 0 fully saturated rings. The van der Waals surface area contributed by atoms with Crippen molar-refractivity contribution in [2.45, 2.75) is 24.2 Å². The highest BCUT2D eigenvalue weighted by Crippen LogP contribution is 2.24. The normalized spacial score (nSPS) is 13.9. The Kier molecular flexibility index (Phi) is 3.64. The van der Waals surface area contributed by atoms with Gasteiger partial charge in [-0.2, -0.15) is 0 Å². The van der Waals surface area contributed by atoms with Gasteiger partial charge in [0.2, 0.25) is 0 Å². The summed E-state index contributed by atoms with van der Waals surface area (Å²) in [6.07, 6.45) is 2.11. The summed E-state index contributed by atoms with van der Waals surface area (Å²) < 4.78 is 25.1. The van der Waals surface area contributed by atoms with Gasteiger partial charge in [-0.15, -0.1) is 0 Å². The third-order valence-electron chi connectivity index (χ3n) is 3.46. The van der Waals surface area contributed by atoms with E-state index >= 15 is 0 Å². The second-order valence-corrected chi connectivity index (χ2v) is 6.81. The average molecular weight is 281 g/mol. The van der Waals surface area contributed by atoms with Gasteiger partial charge in [-0.05, 0) is 24.6 Å². The van der Waals surface area contributed by atoms with Gasteiger partial charge < -0.3 is 10.3 Å². The summed E-state index contributed by atoms with van der Waals surface area (Å²) in [6.45, 7) is 2.60. The minimum atomic E-state index is -3.20. The van der Waals surface area contributed by atoms with Crippen LogP contribution < -0.4 is 5.73 Å². The zero-order chi connectivity index (χ0) is 14.2. The second-order valence-electron chi connectivity index (χ2n) is 4.79. The van der Waals surface area contributed by atoms with Gasteiger partial charge in [0.05, 0.1) is 15.9 Å². The molecule has 6 heteroatoms. The molecule has 2 aromatic rings.